The first-order valence-electron chi connectivity index (χ1n) is 8.79. The Balaban J connectivity index is 2.25. The van der Waals surface area contributed by atoms with Crippen molar-refractivity contribution in [2.24, 2.45) is 5.92 Å². The fourth-order valence-corrected chi connectivity index (χ4v) is 2.37. The minimum Gasteiger partial charge on any atom is -0.465 e. The van der Waals surface area contributed by atoms with E-state index in [1.54, 1.807) is 26.0 Å². The first-order chi connectivity index (χ1) is 13.8. The van der Waals surface area contributed by atoms with Crippen molar-refractivity contribution in [3.63, 3.8) is 0 Å². The maximum absolute atomic E-state index is 12.6. The Morgan fingerprint density at radius 1 is 0.793 bits per heavy atom. The molecular weight excluding hydrogens is 376 g/mol. The molecule has 2 N–H and O–H groups in total. The third kappa shape index (κ3) is 5.41. The van der Waals surface area contributed by atoms with Gasteiger partial charge in [0.2, 0.25) is 5.91 Å². The number of hydrogen-bond acceptors (Lipinski definition) is 6. The lowest BCUT2D eigenvalue weighted by molar-refractivity contribution is -0.118. The van der Waals surface area contributed by atoms with Gasteiger partial charge in [-0.2, -0.15) is 0 Å². The van der Waals surface area contributed by atoms with Gasteiger partial charge in [-0.1, -0.05) is 13.8 Å². The Bertz CT molecular complexity index is 935. The maximum atomic E-state index is 12.6. The molecule has 0 unspecified atom stereocenters. The summed E-state index contributed by atoms with van der Waals surface area (Å²) < 4.78 is 9.38. The molecule has 0 aliphatic heterocycles. The largest absolute Gasteiger partial charge is 0.465 e. The number of benzene rings is 2. The second kappa shape index (κ2) is 9.50. The molecule has 2 rings (SSSR count). The van der Waals surface area contributed by atoms with Gasteiger partial charge in [0.1, 0.15) is 0 Å². The first kappa shape index (κ1) is 21.6. The molecule has 2 amide bonds. The number of anilines is 2. The molecule has 8 nitrogen and oxygen atoms in total. The first-order valence-corrected chi connectivity index (χ1v) is 8.79. The van der Waals surface area contributed by atoms with Gasteiger partial charge in [-0.05, 0) is 42.5 Å². The van der Waals surface area contributed by atoms with Gasteiger partial charge in [-0.3, -0.25) is 9.59 Å². The second-order valence-electron chi connectivity index (χ2n) is 6.42. The van der Waals surface area contributed by atoms with Gasteiger partial charge in [-0.15, -0.1) is 0 Å². The molecule has 0 aliphatic carbocycles. The summed E-state index contributed by atoms with van der Waals surface area (Å²) in [7, 11) is 2.45. The van der Waals surface area contributed by atoms with Crippen molar-refractivity contribution < 1.29 is 28.7 Å². The van der Waals surface area contributed by atoms with Crippen LogP contribution in [0.5, 0.6) is 0 Å². The number of methoxy groups -OCH3 is 2. The summed E-state index contributed by atoms with van der Waals surface area (Å²) in [6, 6.07) is 10.4. The van der Waals surface area contributed by atoms with Crippen molar-refractivity contribution in [2.75, 3.05) is 24.9 Å². The molecule has 8 heteroatoms. The molecule has 2 aromatic rings. The predicted octanol–water partition coefficient (Wildman–Crippen LogP) is 3.11. The SMILES string of the molecule is COC(=O)c1ccc(C(=O)OC)c(NC(=O)c2ccc(NC(=O)C(C)C)cc2)c1. The molecule has 0 saturated carbocycles. The lowest BCUT2D eigenvalue weighted by atomic mass is 10.1. The van der Waals surface area contributed by atoms with Crippen LogP contribution in [0.3, 0.4) is 0 Å². The molecule has 29 heavy (non-hydrogen) atoms. The number of carbonyl (C=O) groups excluding carboxylic acids is 4. The maximum Gasteiger partial charge on any atom is 0.339 e. The van der Waals surface area contributed by atoms with Crippen LogP contribution in [0.1, 0.15) is 44.9 Å². The van der Waals surface area contributed by atoms with E-state index in [-0.39, 0.29) is 28.6 Å². The Hall–Kier alpha value is -3.68. The van der Waals surface area contributed by atoms with Crippen LogP contribution in [0, 0.1) is 5.92 Å². The summed E-state index contributed by atoms with van der Waals surface area (Å²) in [5, 5.41) is 5.34. The zero-order chi connectivity index (χ0) is 21.6. The lowest BCUT2D eigenvalue weighted by Gasteiger charge is -2.12. The topological polar surface area (TPSA) is 111 Å². The highest BCUT2D eigenvalue weighted by Gasteiger charge is 2.18. The second-order valence-corrected chi connectivity index (χ2v) is 6.42. The van der Waals surface area contributed by atoms with Gasteiger partial charge in [0.15, 0.2) is 0 Å². The Morgan fingerprint density at radius 2 is 1.38 bits per heavy atom. The highest BCUT2D eigenvalue weighted by atomic mass is 16.5. The van der Waals surface area contributed by atoms with E-state index in [1.165, 1.54) is 44.6 Å². The van der Waals surface area contributed by atoms with Crippen LogP contribution in [-0.2, 0) is 14.3 Å². The zero-order valence-electron chi connectivity index (χ0n) is 16.6. The average Bonchev–Trinajstić information content (AvgIpc) is 2.72. The predicted molar refractivity (Wildman–Crippen MR) is 107 cm³/mol. The normalized spacial score (nSPS) is 10.2. The Morgan fingerprint density at radius 3 is 1.93 bits per heavy atom. The molecule has 0 radical (unpaired) electrons. The van der Waals surface area contributed by atoms with Crippen LogP contribution in [0.4, 0.5) is 11.4 Å². The molecule has 0 heterocycles. The highest BCUT2D eigenvalue weighted by Crippen LogP contribution is 2.21. The van der Waals surface area contributed by atoms with Crippen LogP contribution in [0.15, 0.2) is 42.5 Å². The summed E-state index contributed by atoms with van der Waals surface area (Å²) in [5.41, 5.74) is 1.23. The minimum atomic E-state index is -0.663. The molecule has 0 atom stereocenters. The van der Waals surface area contributed by atoms with Gasteiger partial charge in [-0.25, -0.2) is 9.59 Å². The lowest BCUT2D eigenvalue weighted by Crippen LogP contribution is -2.18. The molecule has 0 saturated heterocycles. The van der Waals surface area contributed by atoms with Crippen molar-refractivity contribution >= 4 is 35.1 Å². The van der Waals surface area contributed by atoms with Crippen molar-refractivity contribution in [2.45, 2.75) is 13.8 Å². The van der Waals surface area contributed by atoms with Crippen molar-refractivity contribution in [1.82, 2.24) is 0 Å². The number of amides is 2. The van der Waals surface area contributed by atoms with E-state index in [0.29, 0.717) is 11.3 Å². The molecule has 0 bridgehead atoms. The van der Waals surface area contributed by atoms with E-state index in [2.05, 4.69) is 15.4 Å². The Kier molecular flexibility index (Phi) is 7.08. The zero-order valence-corrected chi connectivity index (χ0v) is 16.6. The number of hydrogen-bond donors (Lipinski definition) is 2. The summed E-state index contributed by atoms with van der Waals surface area (Å²) in [5.74, 6) is -2.08. The monoisotopic (exact) mass is 398 g/mol. The molecule has 0 fully saturated rings. The number of rotatable bonds is 6. The van der Waals surface area contributed by atoms with Crippen molar-refractivity contribution in [3.05, 3.63) is 59.2 Å². The molecule has 0 spiro atoms. The van der Waals surface area contributed by atoms with Gasteiger partial charge in [0, 0.05) is 17.2 Å². The summed E-state index contributed by atoms with van der Waals surface area (Å²) >= 11 is 0. The van der Waals surface area contributed by atoms with E-state index in [1.807, 2.05) is 0 Å². The quantitative estimate of drug-likeness (QED) is 0.724. The van der Waals surface area contributed by atoms with Crippen LogP contribution in [0.2, 0.25) is 0 Å². The van der Waals surface area contributed by atoms with Crippen LogP contribution in [0.25, 0.3) is 0 Å². The van der Waals surface area contributed by atoms with Crippen LogP contribution in [-0.4, -0.2) is 38.0 Å². The minimum absolute atomic E-state index is 0.0920. The number of ether oxygens (including phenoxy) is 2. The van der Waals surface area contributed by atoms with Crippen LogP contribution >= 0.6 is 0 Å². The van der Waals surface area contributed by atoms with Crippen molar-refractivity contribution in [1.29, 1.82) is 0 Å². The van der Waals surface area contributed by atoms with Gasteiger partial charge < -0.3 is 20.1 Å². The van der Waals surface area contributed by atoms with E-state index in [4.69, 9.17) is 4.74 Å². The summed E-state index contributed by atoms with van der Waals surface area (Å²) in [4.78, 5) is 48.1. The van der Waals surface area contributed by atoms with E-state index in [9.17, 15) is 19.2 Å². The molecule has 152 valence electrons. The van der Waals surface area contributed by atoms with E-state index >= 15 is 0 Å². The summed E-state index contributed by atoms with van der Waals surface area (Å²) in [6.07, 6.45) is 0. The fourth-order valence-electron chi connectivity index (χ4n) is 2.37. The third-order valence-electron chi connectivity index (χ3n) is 4.03. The van der Waals surface area contributed by atoms with Crippen molar-refractivity contribution in [3.8, 4) is 0 Å². The van der Waals surface area contributed by atoms with E-state index in [0.717, 1.165) is 0 Å². The highest BCUT2D eigenvalue weighted by molar-refractivity contribution is 6.09. The molecular formula is C21H22N2O6. The number of esters is 2. The smallest absolute Gasteiger partial charge is 0.339 e. The molecule has 0 aromatic heterocycles. The molecule has 2 aromatic carbocycles. The average molecular weight is 398 g/mol. The van der Waals surface area contributed by atoms with Gasteiger partial charge >= 0.3 is 11.9 Å². The third-order valence-corrected chi connectivity index (χ3v) is 4.03. The van der Waals surface area contributed by atoms with E-state index < -0.39 is 17.8 Å². The molecule has 0 aliphatic rings. The summed E-state index contributed by atoms with van der Waals surface area (Å²) in [6.45, 7) is 3.55. The Labute approximate surface area is 168 Å². The van der Waals surface area contributed by atoms with Gasteiger partial charge in [0.05, 0.1) is 31.0 Å². The van der Waals surface area contributed by atoms with Gasteiger partial charge in [0.25, 0.3) is 5.91 Å². The fraction of sp³-hybridized carbons (Fsp3) is 0.238. The standard InChI is InChI=1S/C21H22N2O6/c1-12(2)18(24)22-15-8-5-13(6-9-15)19(25)23-17-11-14(20(26)28-3)7-10-16(17)21(27)29-4/h5-12H,1-4H3,(H,22,24)(H,23,25). The number of nitrogens with one attached hydrogen (secondary N) is 2. The van der Waals surface area contributed by atoms with Crippen LogP contribution < -0.4 is 10.6 Å². The number of carbonyl (C=O) groups is 4.